The fourth-order valence-electron chi connectivity index (χ4n) is 2.36. The normalized spacial score (nSPS) is 11.4. The number of halogens is 1. The number of hydrogen-bond donors (Lipinski definition) is 0. The van der Waals surface area contributed by atoms with Crippen molar-refractivity contribution >= 4 is 22.5 Å². The van der Waals surface area contributed by atoms with Gasteiger partial charge in [-0.15, -0.1) is 0 Å². The van der Waals surface area contributed by atoms with Crippen LogP contribution in [0.4, 0.5) is 0 Å². The molecule has 1 aromatic rings. The maximum atomic E-state index is 12.3. The Balaban J connectivity index is 2.70. The molecule has 5 nitrogen and oxygen atoms in total. The van der Waals surface area contributed by atoms with Crippen LogP contribution in [0.15, 0.2) is 27.8 Å². The van der Waals surface area contributed by atoms with E-state index in [-0.39, 0.29) is 5.56 Å². The summed E-state index contributed by atoms with van der Waals surface area (Å²) in [6.07, 6.45) is 0. The third-order valence-corrected chi connectivity index (χ3v) is 3.91. The van der Waals surface area contributed by atoms with Gasteiger partial charge < -0.3 is 4.57 Å². The zero-order chi connectivity index (χ0) is 14.6. The lowest BCUT2D eigenvalue weighted by Gasteiger charge is -2.16. The van der Waals surface area contributed by atoms with E-state index in [0.717, 1.165) is 21.0 Å². The largest absolute Gasteiger partial charge is 0.352 e. The topological polar surface area (TPSA) is 56.9 Å². The highest BCUT2D eigenvalue weighted by molar-refractivity contribution is 6.38. The average molecular weight is 290 g/mol. The molecule has 0 amide bonds. The van der Waals surface area contributed by atoms with Crippen LogP contribution >= 0.6 is 11.6 Å². The van der Waals surface area contributed by atoms with Crippen LogP contribution in [0.2, 0.25) is 5.02 Å². The van der Waals surface area contributed by atoms with E-state index in [1.165, 1.54) is 7.05 Å². The number of aryl methyl sites for hydroxylation is 2. The molecule has 0 aromatic heterocycles. The van der Waals surface area contributed by atoms with Crippen molar-refractivity contribution in [3.05, 3.63) is 49.6 Å². The summed E-state index contributed by atoms with van der Waals surface area (Å²) in [5, 5.41) is 1.10. The molecule has 0 radical (unpaired) electrons. The van der Waals surface area contributed by atoms with E-state index in [9.17, 15) is 9.59 Å². The molecule has 0 saturated carbocycles. The fraction of sp³-hybridized carbons (Fsp3) is 0.214. The first-order valence-electron chi connectivity index (χ1n) is 6.07. The van der Waals surface area contributed by atoms with Gasteiger partial charge in [0.1, 0.15) is 5.56 Å². The second kappa shape index (κ2) is 4.18. The van der Waals surface area contributed by atoms with Gasteiger partial charge in [0, 0.05) is 19.5 Å². The van der Waals surface area contributed by atoms with Crippen LogP contribution in [0.5, 0.6) is 0 Å². The minimum atomic E-state index is -0.582. The van der Waals surface area contributed by atoms with Gasteiger partial charge in [-0.3, -0.25) is 9.36 Å². The molecule has 6 heteroatoms. The van der Waals surface area contributed by atoms with Crippen molar-refractivity contribution in [3.8, 4) is 11.4 Å². The molecule has 3 rings (SSSR count). The lowest BCUT2D eigenvalue weighted by molar-refractivity contribution is 0.757. The van der Waals surface area contributed by atoms with Crippen LogP contribution in [-0.4, -0.2) is 14.1 Å². The molecule has 1 aromatic carbocycles. The Morgan fingerprint density at radius 2 is 1.85 bits per heavy atom. The highest BCUT2D eigenvalue weighted by Crippen LogP contribution is 2.32. The minimum Gasteiger partial charge on any atom is -0.328 e. The molecule has 0 aliphatic carbocycles. The molecule has 2 aliphatic rings. The molecule has 0 saturated heterocycles. The Labute approximate surface area is 119 Å². The Bertz CT molecular complexity index is 940. The van der Waals surface area contributed by atoms with Crippen molar-refractivity contribution in [3.63, 3.8) is 0 Å². The van der Waals surface area contributed by atoms with Crippen LogP contribution in [0.3, 0.4) is 0 Å². The van der Waals surface area contributed by atoms with E-state index in [0.29, 0.717) is 10.8 Å². The third kappa shape index (κ3) is 1.59. The number of nitrogens with zero attached hydrogens (tertiary/aromatic N) is 3. The summed E-state index contributed by atoms with van der Waals surface area (Å²) in [6, 6.07) is 5.75. The second-order valence-corrected chi connectivity index (χ2v) is 5.23. The molecular formula is C14H12ClN3O2. The van der Waals surface area contributed by atoms with Crippen molar-refractivity contribution in [1.29, 1.82) is 0 Å². The summed E-state index contributed by atoms with van der Waals surface area (Å²) >= 11 is 6.36. The average Bonchev–Trinajstić information content (AvgIpc) is 2.41. The number of pyridine rings is 1. The zero-order valence-corrected chi connectivity index (χ0v) is 12.0. The Morgan fingerprint density at radius 3 is 2.55 bits per heavy atom. The van der Waals surface area contributed by atoms with E-state index in [1.807, 2.05) is 25.1 Å². The van der Waals surface area contributed by atoms with Crippen LogP contribution in [-0.2, 0) is 14.1 Å². The molecule has 2 heterocycles. The first-order valence-corrected chi connectivity index (χ1v) is 6.45. The van der Waals surface area contributed by atoms with E-state index >= 15 is 0 Å². The monoisotopic (exact) mass is 289 g/mol. The molecule has 2 aliphatic heterocycles. The molecule has 0 atom stereocenters. The van der Waals surface area contributed by atoms with Gasteiger partial charge in [-0.05, 0) is 18.6 Å². The smallest absolute Gasteiger partial charge is 0.328 e. The van der Waals surface area contributed by atoms with Crippen LogP contribution < -0.4 is 11.2 Å². The van der Waals surface area contributed by atoms with Crippen molar-refractivity contribution < 1.29 is 0 Å². The molecule has 0 bridgehead atoms. The van der Waals surface area contributed by atoms with E-state index in [1.54, 1.807) is 11.6 Å². The Hall–Kier alpha value is -2.14. The Kier molecular flexibility index (Phi) is 2.69. The summed E-state index contributed by atoms with van der Waals surface area (Å²) in [7, 11) is 3.17. The summed E-state index contributed by atoms with van der Waals surface area (Å²) in [5.41, 5.74) is 1.16. The number of fused-ring (bicyclic) bond motifs is 2. The minimum absolute atomic E-state index is 0.271. The molecule has 20 heavy (non-hydrogen) atoms. The van der Waals surface area contributed by atoms with Gasteiger partial charge in [-0.1, -0.05) is 23.7 Å². The molecule has 0 spiro atoms. The van der Waals surface area contributed by atoms with Gasteiger partial charge in [-0.2, -0.15) is 4.98 Å². The maximum absolute atomic E-state index is 12.3. The number of benzene rings is 1. The van der Waals surface area contributed by atoms with E-state index < -0.39 is 11.2 Å². The predicted octanol–water partition coefficient (Wildman–Crippen LogP) is 1.70. The van der Waals surface area contributed by atoms with Gasteiger partial charge in [0.15, 0.2) is 5.82 Å². The van der Waals surface area contributed by atoms with Crippen LogP contribution in [0.1, 0.15) is 5.56 Å². The quantitative estimate of drug-likeness (QED) is 0.592. The Morgan fingerprint density at radius 1 is 1.15 bits per heavy atom. The zero-order valence-electron chi connectivity index (χ0n) is 11.3. The highest BCUT2D eigenvalue weighted by Gasteiger charge is 2.21. The molecule has 0 fully saturated rings. The van der Waals surface area contributed by atoms with Crippen LogP contribution in [0, 0.1) is 6.92 Å². The molecular weight excluding hydrogens is 278 g/mol. The summed E-state index contributed by atoms with van der Waals surface area (Å²) in [5.74, 6) is 0.307. The SMILES string of the molecule is Cc1ccc2c(Cl)c3c(=O)n(C)c(=O)nc-3n(C)c2c1. The highest BCUT2D eigenvalue weighted by atomic mass is 35.5. The first-order chi connectivity index (χ1) is 9.41. The van der Waals surface area contributed by atoms with Gasteiger partial charge in [-0.25, -0.2) is 4.79 Å². The number of hydrogen-bond acceptors (Lipinski definition) is 3. The first kappa shape index (κ1) is 12.9. The van der Waals surface area contributed by atoms with Gasteiger partial charge in [0.2, 0.25) is 0 Å². The van der Waals surface area contributed by atoms with E-state index in [2.05, 4.69) is 4.98 Å². The third-order valence-electron chi connectivity index (χ3n) is 3.52. The summed E-state index contributed by atoms with van der Waals surface area (Å²) in [4.78, 5) is 27.9. The lowest BCUT2D eigenvalue weighted by Crippen LogP contribution is -2.36. The number of aromatic nitrogens is 3. The second-order valence-electron chi connectivity index (χ2n) is 4.85. The summed E-state index contributed by atoms with van der Waals surface area (Å²) in [6.45, 7) is 1.97. The van der Waals surface area contributed by atoms with Crippen molar-refractivity contribution in [1.82, 2.24) is 14.1 Å². The van der Waals surface area contributed by atoms with Gasteiger partial charge in [0.25, 0.3) is 5.56 Å². The molecule has 0 unspecified atom stereocenters. The van der Waals surface area contributed by atoms with Gasteiger partial charge >= 0.3 is 5.69 Å². The van der Waals surface area contributed by atoms with Crippen molar-refractivity contribution in [2.45, 2.75) is 6.92 Å². The lowest BCUT2D eigenvalue weighted by atomic mass is 10.1. The van der Waals surface area contributed by atoms with Crippen LogP contribution in [0.25, 0.3) is 22.3 Å². The van der Waals surface area contributed by atoms with Crippen molar-refractivity contribution in [2.24, 2.45) is 14.1 Å². The standard InChI is InChI=1S/C14H12ClN3O2/c1-7-4-5-8-9(6-7)17(2)12-10(11(8)15)13(19)18(3)14(20)16-12/h4-6H,1-3H3. The number of rotatable bonds is 0. The maximum Gasteiger partial charge on any atom is 0.352 e. The van der Waals surface area contributed by atoms with E-state index in [4.69, 9.17) is 11.6 Å². The molecule has 102 valence electrons. The van der Waals surface area contributed by atoms with Gasteiger partial charge in [0.05, 0.1) is 10.5 Å². The summed E-state index contributed by atoms with van der Waals surface area (Å²) < 4.78 is 2.70. The molecule has 0 N–H and O–H groups in total. The fourth-order valence-corrected chi connectivity index (χ4v) is 2.69. The predicted molar refractivity (Wildman–Crippen MR) is 78.6 cm³/mol. The van der Waals surface area contributed by atoms with Crippen molar-refractivity contribution in [2.75, 3.05) is 0 Å².